The van der Waals surface area contributed by atoms with Gasteiger partial charge in [-0.2, -0.15) is 4.52 Å². The molecule has 0 radical (unpaired) electrons. The van der Waals surface area contributed by atoms with Crippen LogP contribution in [-0.2, 0) is 11.2 Å². The molecule has 1 amide bonds. The van der Waals surface area contributed by atoms with Gasteiger partial charge in [-0.1, -0.05) is 6.92 Å². The van der Waals surface area contributed by atoms with E-state index < -0.39 is 0 Å². The van der Waals surface area contributed by atoms with Gasteiger partial charge in [0.2, 0.25) is 11.8 Å². The Hall–Kier alpha value is -2.22. The molecule has 25 heavy (non-hydrogen) atoms. The smallest absolute Gasteiger partial charge is 0.231 e. The molecule has 1 N–H and O–H groups in total. The van der Waals surface area contributed by atoms with Gasteiger partial charge in [-0.05, 0) is 38.4 Å². The molecule has 1 aliphatic rings. The van der Waals surface area contributed by atoms with Crippen molar-refractivity contribution < 1.29 is 9.53 Å². The van der Waals surface area contributed by atoms with Gasteiger partial charge in [-0.3, -0.25) is 9.69 Å². The van der Waals surface area contributed by atoms with Crippen LogP contribution in [0.2, 0.25) is 0 Å². The number of carbonyl (C=O) groups excluding carboxylic acids is 1. The van der Waals surface area contributed by atoms with Crippen molar-refractivity contribution in [1.29, 1.82) is 0 Å². The summed E-state index contributed by atoms with van der Waals surface area (Å²) in [5.41, 5.74) is 0.682. The normalized spacial score (nSPS) is 17.9. The second-order valence-electron chi connectivity index (χ2n) is 6.34. The number of nitrogens with one attached hydrogen (secondary N) is 1. The zero-order valence-corrected chi connectivity index (χ0v) is 14.9. The monoisotopic (exact) mass is 346 g/mol. The number of likely N-dealkylation sites (tertiary alicyclic amines) is 1. The van der Waals surface area contributed by atoms with Gasteiger partial charge in [0.1, 0.15) is 0 Å². The number of hydrogen-bond donors (Lipinski definition) is 1. The fraction of sp³-hybridized carbons (Fsp3) is 0.647. The van der Waals surface area contributed by atoms with Gasteiger partial charge >= 0.3 is 0 Å². The van der Waals surface area contributed by atoms with Gasteiger partial charge in [-0.15, -0.1) is 15.3 Å². The Morgan fingerprint density at radius 2 is 2.28 bits per heavy atom. The molecule has 1 aliphatic heterocycles. The molecule has 0 unspecified atom stereocenters. The number of nitrogens with zero attached hydrogens (tertiary/aromatic N) is 5. The zero-order chi connectivity index (χ0) is 17.6. The van der Waals surface area contributed by atoms with Crippen LogP contribution in [0.25, 0.3) is 5.65 Å². The maximum Gasteiger partial charge on any atom is 0.231 e. The van der Waals surface area contributed by atoms with Crippen LogP contribution in [0.3, 0.4) is 0 Å². The molecular weight excluding hydrogens is 320 g/mol. The third-order valence-electron chi connectivity index (χ3n) is 4.76. The minimum atomic E-state index is 0.0994. The number of rotatable bonds is 8. The van der Waals surface area contributed by atoms with E-state index in [2.05, 4.69) is 32.4 Å². The largest absolute Gasteiger partial charge is 0.480 e. The lowest BCUT2D eigenvalue weighted by atomic mass is 10.2. The third kappa shape index (κ3) is 4.25. The molecule has 2 aromatic rings. The van der Waals surface area contributed by atoms with E-state index in [1.165, 1.54) is 12.8 Å². The quantitative estimate of drug-likeness (QED) is 0.769. The van der Waals surface area contributed by atoms with Crippen LogP contribution in [0.15, 0.2) is 12.1 Å². The summed E-state index contributed by atoms with van der Waals surface area (Å²) in [4.78, 5) is 14.5. The maximum absolute atomic E-state index is 12.1. The van der Waals surface area contributed by atoms with E-state index in [-0.39, 0.29) is 5.91 Å². The van der Waals surface area contributed by atoms with Gasteiger partial charge in [-0.25, -0.2) is 0 Å². The van der Waals surface area contributed by atoms with Crippen LogP contribution in [0.1, 0.15) is 38.4 Å². The molecule has 8 heteroatoms. The van der Waals surface area contributed by atoms with Crippen LogP contribution in [0.4, 0.5) is 0 Å². The van der Waals surface area contributed by atoms with Crippen LogP contribution >= 0.6 is 0 Å². The minimum Gasteiger partial charge on any atom is -0.480 e. The Morgan fingerprint density at radius 3 is 3.08 bits per heavy atom. The molecule has 2 aromatic heterocycles. The average Bonchev–Trinajstić information content (AvgIpc) is 3.26. The van der Waals surface area contributed by atoms with Crippen molar-refractivity contribution in [2.45, 2.75) is 45.1 Å². The SMILES string of the molecule is CCN1CCC[C@@H]1CNC(=O)CCCc1nnc2ccc(OC)nn12. The summed E-state index contributed by atoms with van der Waals surface area (Å²) >= 11 is 0. The highest BCUT2D eigenvalue weighted by Gasteiger charge is 2.23. The zero-order valence-electron chi connectivity index (χ0n) is 14.9. The molecule has 0 aliphatic carbocycles. The average molecular weight is 346 g/mol. The van der Waals surface area contributed by atoms with Gasteiger partial charge in [0, 0.05) is 31.5 Å². The molecule has 0 saturated carbocycles. The Balaban J connectivity index is 1.45. The maximum atomic E-state index is 12.1. The third-order valence-corrected chi connectivity index (χ3v) is 4.76. The number of ether oxygens (including phenoxy) is 1. The Morgan fingerprint density at radius 1 is 1.40 bits per heavy atom. The molecule has 1 saturated heterocycles. The van der Waals surface area contributed by atoms with Crippen molar-refractivity contribution in [3.63, 3.8) is 0 Å². The first-order chi connectivity index (χ1) is 12.2. The predicted molar refractivity (Wildman–Crippen MR) is 93.6 cm³/mol. The van der Waals surface area contributed by atoms with Gasteiger partial charge < -0.3 is 10.1 Å². The highest BCUT2D eigenvalue weighted by atomic mass is 16.5. The lowest BCUT2D eigenvalue weighted by molar-refractivity contribution is -0.121. The first-order valence-electron chi connectivity index (χ1n) is 8.97. The van der Waals surface area contributed by atoms with Crippen molar-refractivity contribution in [3.05, 3.63) is 18.0 Å². The fourth-order valence-corrected chi connectivity index (χ4v) is 3.35. The van der Waals surface area contributed by atoms with Crippen LogP contribution < -0.4 is 10.1 Å². The van der Waals surface area contributed by atoms with E-state index >= 15 is 0 Å². The lowest BCUT2D eigenvalue weighted by Crippen LogP contribution is -2.39. The van der Waals surface area contributed by atoms with E-state index in [0.717, 1.165) is 25.5 Å². The summed E-state index contributed by atoms with van der Waals surface area (Å²) < 4.78 is 6.81. The molecule has 3 heterocycles. The first-order valence-corrected chi connectivity index (χ1v) is 8.97. The molecule has 8 nitrogen and oxygen atoms in total. The summed E-state index contributed by atoms with van der Waals surface area (Å²) in [6.45, 7) is 5.12. The number of likely N-dealkylation sites (N-methyl/N-ethyl adjacent to an activating group) is 1. The van der Waals surface area contributed by atoms with E-state index in [0.29, 0.717) is 36.8 Å². The number of aromatic nitrogens is 4. The van der Waals surface area contributed by atoms with Crippen molar-refractivity contribution in [2.24, 2.45) is 0 Å². The Bertz CT molecular complexity index is 716. The van der Waals surface area contributed by atoms with E-state index in [4.69, 9.17) is 4.74 Å². The fourth-order valence-electron chi connectivity index (χ4n) is 3.35. The minimum absolute atomic E-state index is 0.0994. The number of methoxy groups -OCH3 is 1. The van der Waals surface area contributed by atoms with Gasteiger partial charge in [0.15, 0.2) is 11.5 Å². The summed E-state index contributed by atoms with van der Waals surface area (Å²) in [5.74, 6) is 1.36. The second-order valence-corrected chi connectivity index (χ2v) is 6.34. The molecule has 1 atom stereocenters. The molecular formula is C17H26N6O2. The highest BCUT2D eigenvalue weighted by Crippen LogP contribution is 2.15. The summed E-state index contributed by atoms with van der Waals surface area (Å²) in [6, 6.07) is 4.06. The van der Waals surface area contributed by atoms with Gasteiger partial charge in [0.25, 0.3) is 0 Å². The number of carbonyl (C=O) groups is 1. The second kappa shape index (κ2) is 8.24. The predicted octanol–water partition coefficient (Wildman–Crippen LogP) is 1.06. The molecule has 0 spiro atoms. The van der Waals surface area contributed by atoms with Crippen molar-refractivity contribution >= 4 is 11.6 Å². The first kappa shape index (κ1) is 17.6. The summed E-state index contributed by atoms with van der Waals surface area (Å²) in [6.07, 6.45) is 4.25. The molecule has 0 aromatic carbocycles. The molecule has 136 valence electrons. The lowest BCUT2D eigenvalue weighted by Gasteiger charge is -2.22. The Labute approximate surface area is 147 Å². The van der Waals surface area contributed by atoms with Crippen molar-refractivity contribution in [3.8, 4) is 5.88 Å². The van der Waals surface area contributed by atoms with Crippen molar-refractivity contribution in [1.82, 2.24) is 30.0 Å². The van der Waals surface area contributed by atoms with Crippen LogP contribution in [-0.4, -0.2) is 63.4 Å². The van der Waals surface area contributed by atoms with E-state index in [1.54, 1.807) is 17.7 Å². The van der Waals surface area contributed by atoms with Gasteiger partial charge in [0.05, 0.1) is 7.11 Å². The standard InChI is InChI=1S/C17H26N6O2/c1-3-22-11-5-6-13(22)12-18-16(24)8-4-7-14-19-20-15-9-10-17(25-2)21-23(14)15/h9-10,13H,3-8,11-12H2,1-2H3,(H,18,24)/t13-/m1/s1. The molecule has 1 fully saturated rings. The van der Waals surface area contributed by atoms with E-state index in [1.807, 2.05) is 6.07 Å². The number of amides is 1. The molecule has 0 bridgehead atoms. The highest BCUT2D eigenvalue weighted by molar-refractivity contribution is 5.75. The molecule has 3 rings (SSSR count). The summed E-state index contributed by atoms with van der Waals surface area (Å²) in [7, 11) is 1.58. The number of aryl methyl sites for hydroxylation is 1. The van der Waals surface area contributed by atoms with E-state index in [9.17, 15) is 4.79 Å². The topological polar surface area (TPSA) is 84.7 Å². The summed E-state index contributed by atoms with van der Waals surface area (Å²) in [5, 5.41) is 15.6. The Kier molecular flexibility index (Phi) is 5.80. The van der Waals surface area contributed by atoms with Crippen molar-refractivity contribution in [2.75, 3.05) is 26.7 Å². The number of hydrogen-bond acceptors (Lipinski definition) is 6. The van der Waals surface area contributed by atoms with Crippen LogP contribution in [0, 0.1) is 0 Å². The number of fused-ring (bicyclic) bond motifs is 1. The van der Waals surface area contributed by atoms with Crippen LogP contribution in [0.5, 0.6) is 5.88 Å².